The highest BCUT2D eigenvalue weighted by Gasteiger charge is 2.26. The molecule has 2 unspecified atom stereocenters. The summed E-state index contributed by atoms with van der Waals surface area (Å²) in [6.45, 7) is 0. The Morgan fingerprint density at radius 3 is 2.64 bits per heavy atom. The van der Waals surface area contributed by atoms with E-state index in [1.54, 1.807) is 0 Å². The van der Waals surface area contributed by atoms with Gasteiger partial charge in [-0.15, -0.1) is 0 Å². The van der Waals surface area contributed by atoms with Gasteiger partial charge < -0.3 is 15.3 Å². The SMILES string of the molecule is O=C(O)C(O)C(O)c1cccnc1Cl. The van der Waals surface area contributed by atoms with Crippen LogP contribution < -0.4 is 0 Å². The van der Waals surface area contributed by atoms with Crippen molar-refractivity contribution in [3.63, 3.8) is 0 Å². The molecule has 0 amide bonds. The summed E-state index contributed by atoms with van der Waals surface area (Å²) < 4.78 is 0. The van der Waals surface area contributed by atoms with Crippen LogP contribution in [0.3, 0.4) is 0 Å². The molecule has 0 aliphatic rings. The van der Waals surface area contributed by atoms with Crippen LogP contribution in [0.4, 0.5) is 0 Å². The van der Waals surface area contributed by atoms with Crippen molar-refractivity contribution < 1.29 is 20.1 Å². The van der Waals surface area contributed by atoms with Crippen molar-refractivity contribution in [2.45, 2.75) is 12.2 Å². The summed E-state index contributed by atoms with van der Waals surface area (Å²) in [7, 11) is 0. The average Bonchev–Trinajstić information content (AvgIpc) is 2.16. The molecule has 2 atom stereocenters. The Balaban J connectivity index is 2.94. The smallest absolute Gasteiger partial charge is 0.335 e. The van der Waals surface area contributed by atoms with Crippen molar-refractivity contribution in [1.82, 2.24) is 4.98 Å². The maximum Gasteiger partial charge on any atom is 0.335 e. The van der Waals surface area contributed by atoms with Gasteiger partial charge in [-0.25, -0.2) is 9.78 Å². The standard InChI is InChI=1S/C8H8ClNO4/c9-7-4(2-1-3-10-7)5(11)6(12)8(13)14/h1-3,5-6,11-12H,(H,13,14). The molecular formula is C8H8ClNO4. The monoisotopic (exact) mass is 217 g/mol. The van der Waals surface area contributed by atoms with Gasteiger partial charge in [0.15, 0.2) is 6.10 Å². The molecule has 0 aliphatic carbocycles. The van der Waals surface area contributed by atoms with E-state index in [0.29, 0.717) is 0 Å². The van der Waals surface area contributed by atoms with Gasteiger partial charge in [0.1, 0.15) is 11.3 Å². The topological polar surface area (TPSA) is 90.7 Å². The zero-order valence-corrected chi connectivity index (χ0v) is 7.72. The first kappa shape index (κ1) is 10.9. The van der Waals surface area contributed by atoms with Crippen LogP contribution in [0.2, 0.25) is 5.15 Å². The predicted molar refractivity (Wildman–Crippen MR) is 47.8 cm³/mol. The van der Waals surface area contributed by atoms with Crippen LogP contribution in [0, 0.1) is 0 Å². The number of aliphatic carboxylic acids is 1. The van der Waals surface area contributed by atoms with Crippen LogP contribution in [-0.4, -0.2) is 32.4 Å². The van der Waals surface area contributed by atoms with E-state index in [-0.39, 0.29) is 10.7 Å². The second-order valence-corrected chi connectivity index (χ2v) is 2.97. The Hall–Kier alpha value is -1.17. The fourth-order valence-corrected chi connectivity index (χ4v) is 1.16. The number of hydrogen-bond acceptors (Lipinski definition) is 4. The number of rotatable bonds is 3. The second-order valence-electron chi connectivity index (χ2n) is 2.61. The van der Waals surface area contributed by atoms with Crippen molar-refractivity contribution in [2.24, 2.45) is 0 Å². The Bertz CT molecular complexity index is 344. The molecule has 3 N–H and O–H groups in total. The van der Waals surface area contributed by atoms with E-state index in [0.717, 1.165) is 0 Å². The van der Waals surface area contributed by atoms with Crippen LogP contribution in [0.15, 0.2) is 18.3 Å². The number of carbonyl (C=O) groups is 1. The van der Waals surface area contributed by atoms with Crippen LogP contribution in [0.25, 0.3) is 0 Å². The maximum absolute atomic E-state index is 10.4. The van der Waals surface area contributed by atoms with Gasteiger partial charge in [0.2, 0.25) is 0 Å². The lowest BCUT2D eigenvalue weighted by molar-refractivity contribution is -0.153. The first-order valence-electron chi connectivity index (χ1n) is 3.73. The molecule has 5 nitrogen and oxygen atoms in total. The molecule has 0 bridgehead atoms. The molecule has 0 fully saturated rings. The summed E-state index contributed by atoms with van der Waals surface area (Å²) in [4.78, 5) is 14.0. The number of aliphatic hydroxyl groups is 2. The first-order valence-corrected chi connectivity index (χ1v) is 4.11. The summed E-state index contributed by atoms with van der Waals surface area (Å²) in [6.07, 6.45) is -2.09. The summed E-state index contributed by atoms with van der Waals surface area (Å²) >= 11 is 5.59. The lowest BCUT2D eigenvalue weighted by Crippen LogP contribution is -2.27. The predicted octanol–water partition coefficient (Wildman–Crippen LogP) is 0.214. The molecule has 1 rings (SSSR count). The zero-order valence-electron chi connectivity index (χ0n) is 6.96. The van der Waals surface area contributed by atoms with Gasteiger partial charge in [-0.2, -0.15) is 0 Å². The summed E-state index contributed by atoms with van der Waals surface area (Å²) in [5, 5.41) is 26.8. The van der Waals surface area contributed by atoms with Crippen LogP contribution in [-0.2, 0) is 4.79 Å². The Kier molecular flexibility index (Phi) is 3.40. The van der Waals surface area contributed by atoms with E-state index in [1.165, 1.54) is 18.3 Å². The quantitative estimate of drug-likeness (QED) is 0.630. The molecule has 0 spiro atoms. The highest BCUT2D eigenvalue weighted by molar-refractivity contribution is 6.30. The Labute approximate surface area is 84.6 Å². The van der Waals surface area contributed by atoms with Crippen molar-refractivity contribution in [3.8, 4) is 0 Å². The van der Waals surface area contributed by atoms with Crippen LogP contribution in [0.1, 0.15) is 11.7 Å². The van der Waals surface area contributed by atoms with E-state index >= 15 is 0 Å². The minimum absolute atomic E-state index is 0.0275. The van der Waals surface area contributed by atoms with Gasteiger partial charge in [-0.3, -0.25) is 0 Å². The molecule has 14 heavy (non-hydrogen) atoms. The highest BCUT2D eigenvalue weighted by Crippen LogP contribution is 2.22. The number of pyridine rings is 1. The number of carboxylic acids is 1. The number of nitrogens with zero attached hydrogens (tertiary/aromatic N) is 1. The van der Waals surface area contributed by atoms with Gasteiger partial charge in [-0.1, -0.05) is 17.7 Å². The molecule has 0 aromatic carbocycles. The van der Waals surface area contributed by atoms with Crippen LogP contribution >= 0.6 is 11.6 Å². The molecule has 1 heterocycles. The second kappa shape index (κ2) is 4.36. The number of aliphatic hydroxyl groups excluding tert-OH is 2. The van der Waals surface area contributed by atoms with Gasteiger partial charge in [0.25, 0.3) is 0 Å². The number of carboxylic acid groups (broad SMARTS) is 1. The first-order chi connectivity index (χ1) is 6.54. The average molecular weight is 218 g/mol. The van der Waals surface area contributed by atoms with Gasteiger partial charge in [0, 0.05) is 11.8 Å². The summed E-state index contributed by atoms with van der Waals surface area (Å²) in [6, 6.07) is 2.88. The fraction of sp³-hybridized carbons (Fsp3) is 0.250. The molecule has 0 aliphatic heterocycles. The molecule has 0 saturated heterocycles. The molecule has 1 aromatic heterocycles. The normalized spacial score (nSPS) is 14.8. The minimum atomic E-state index is -1.91. The third-order valence-corrected chi connectivity index (χ3v) is 1.97. The molecule has 1 aromatic rings. The van der Waals surface area contributed by atoms with Crippen molar-refractivity contribution in [1.29, 1.82) is 0 Å². The largest absolute Gasteiger partial charge is 0.479 e. The summed E-state index contributed by atoms with van der Waals surface area (Å²) in [5.41, 5.74) is 0.0871. The molecule has 0 saturated carbocycles. The van der Waals surface area contributed by atoms with Crippen molar-refractivity contribution in [2.75, 3.05) is 0 Å². The fourth-order valence-electron chi connectivity index (χ4n) is 0.924. The van der Waals surface area contributed by atoms with Crippen LogP contribution in [0.5, 0.6) is 0 Å². The highest BCUT2D eigenvalue weighted by atomic mass is 35.5. The lowest BCUT2D eigenvalue weighted by Gasteiger charge is -2.14. The third kappa shape index (κ3) is 2.20. The number of hydrogen-bond donors (Lipinski definition) is 3. The van der Waals surface area contributed by atoms with E-state index in [9.17, 15) is 9.90 Å². The zero-order chi connectivity index (χ0) is 10.7. The van der Waals surface area contributed by atoms with Crippen molar-refractivity contribution in [3.05, 3.63) is 29.0 Å². The van der Waals surface area contributed by atoms with Gasteiger partial charge in [0.05, 0.1) is 0 Å². The van der Waals surface area contributed by atoms with E-state index in [1.807, 2.05) is 0 Å². The Morgan fingerprint density at radius 1 is 1.50 bits per heavy atom. The molecule has 0 radical (unpaired) electrons. The number of aromatic nitrogens is 1. The lowest BCUT2D eigenvalue weighted by atomic mass is 10.1. The summed E-state index contributed by atoms with van der Waals surface area (Å²) in [5.74, 6) is -1.52. The van der Waals surface area contributed by atoms with Gasteiger partial charge >= 0.3 is 5.97 Å². The van der Waals surface area contributed by atoms with E-state index < -0.39 is 18.2 Å². The molecule has 6 heteroatoms. The minimum Gasteiger partial charge on any atom is -0.479 e. The molecular weight excluding hydrogens is 210 g/mol. The Morgan fingerprint density at radius 2 is 2.14 bits per heavy atom. The van der Waals surface area contributed by atoms with E-state index in [2.05, 4.69) is 4.98 Å². The van der Waals surface area contributed by atoms with Gasteiger partial charge in [-0.05, 0) is 6.07 Å². The maximum atomic E-state index is 10.4. The van der Waals surface area contributed by atoms with E-state index in [4.69, 9.17) is 21.8 Å². The number of halogens is 1. The van der Waals surface area contributed by atoms with Crippen molar-refractivity contribution >= 4 is 17.6 Å². The molecule has 76 valence electrons. The third-order valence-electron chi connectivity index (χ3n) is 1.66.